The van der Waals surface area contributed by atoms with Crippen molar-refractivity contribution in [3.05, 3.63) is 65.0 Å². The van der Waals surface area contributed by atoms with E-state index in [2.05, 4.69) is 25.0 Å². The molecule has 2 aromatic rings. The Morgan fingerprint density at radius 2 is 1.64 bits per heavy atom. The third-order valence-corrected chi connectivity index (χ3v) is 10.4. The van der Waals surface area contributed by atoms with Crippen LogP contribution in [0.2, 0.25) is 25.7 Å². The van der Waals surface area contributed by atoms with Gasteiger partial charge in [0, 0.05) is 26.8 Å². The van der Waals surface area contributed by atoms with Crippen molar-refractivity contribution < 1.29 is 32.8 Å². The summed E-state index contributed by atoms with van der Waals surface area (Å²) in [4.78, 5) is 43.1. The number of nitrogens with one attached hydrogen (secondary N) is 1. The summed E-state index contributed by atoms with van der Waals surface area (Å²) < 4.78 is 32.1. The van der Waals surface area contributed by atoms with Crippen LogP contribution in [0.15, 0.2) is 42.5 Å². The molecular formula is C30H39BFN3O6Si. The van der Waals surface area contributed by atoms with Crippen molar-refractivity contribution in [2.45, 2.75) is 76.7 Å². The number of amides is 4. The average molecular weight is 596 g/mol. The number of hydrogen-bond donors (Lipinski definition) is 1. The molecule has 3 aliphatic rings. The first-order valence-corrected chi connectivity index (χ1v) is 18.0. The van der Waals surface area contributed by atoms with Crippen LogP contribution in [0.1, 0.15) is 49.2 Å². The number of urea groups is 1. The summed E-state index contributed by atoms with van der Waals surface area (Å²) in [7, 11) is -1.97. The smallest absolute Gasteiger partial charge is 0.399 e. The lowest BCUT2D eigenvalue weighted by Crippen LogP contribution is -2.53. The van der Waals surface area contributed by atoms with Gasteiger partial charge in [0.05, 0.1) is 17.7 Å². The Bertz CT molecular complexity index is 1400. The van der Waals surface area contributed by atoms with Gasteiger partial charge in [-0.1, -0.05) is 50.0 Å². The van der Waals surface area contributed by atoms with Crippen LogP contribution >= 0.6 is 0 Å². The lowest BCUT2D eigenvalue weighted by atomic mass is 9.77. The fourth-order valence-corrected chi connectivity index (χ4v) is 6.08. The summed E-state index contributed by atoms with van der Waals surface area (Å²) in [5, 5.41) is 2.88. The van der Waals surface area contributed by atoms with E-state index in [-0.39, 0.29) is 25.4 Å². The highest BCUT2D eigenvalue weighted by Gasteiger charge is 2.55. The minimum Gasteiger partial charge on any atom is -0.399 e. The zero-order chi connectivity index (χ0) is 30.7. The fraction of sp³-hybridized carbons (Fsp3) is 0.500. The van der Waals surface area contributed by atoms with Gasteiger partial charge < -0.3 is 24.3 Å². The number of nitrogens with zero attached hydrogens (tertiary/aromatic N) is 2. The van der Waals surface area contributed by atoms with E-state index in [0.717, 1.165) is 16.4 Å². The minimum absolute atomic E-state index is 0.131. The van der Waals surface area contributed by atoms with E-state index in [1.807, 2.05) is 39.8 Å². The Labute approximate surface area is 247 Å². The van der Waals surface area contributed by atoms with Gasteiger partial charge in [0.15, 0.2) is 5.54 Å². The average Bonchev–Trinajstić information content (AvgIpc) is 3.42. The second kappa shape index (κ2) is 10.6. The molecule has 5 rings (SSSR count). The monoisotopic (exact) mass is 595 g/mol. The number of fused-ring (bicyclic) bond motifs is 1. The highest BCUT2D eigenvalue weighted by atomic mass is 28.3. The van der Waals surface area contributed by atoms with Gasteiger partial charge >= 0.3 is 13.1 Å². The zero-order valence-electron chi connectivity index (χ0n) is 25.4. The first-order valence-electron chi connectivity index (χ1n) is 14.3. The molecule has 2 saturated heterocycles. The summed E-state index contributed by atoms with van der Waals surface area (Å²) >= 11 is 0. The van der Waals surface area contributed by atoms with Gasteiger partial charge in [0.1, 0.15) is 12.5 Å². The van der Waals surface area contributed by atoms with Crippen LogP contribution in [0.4, 0.5) is 9.18 Å². The van der Waals surface area contributed by atoms with Crippen LogP contribution in [0, 0.1) is 5.82 Å². The second-order valence-corrected chi connectivity index (χ2v) is 19.2. The quantitative estimate of drug-likeness (QED) is 0.269. The fourth-order valence-electron chi connectivity index (χ4n) is 5.32. The second-order valence-electron chi connectivity index (χ2n) is 13.6. The molecule has 3 aliphatic heterocycles. The summed E-state index contributed by atoms with van der Waals surface area (Å²) in [6, 6.07) is 11.5. The number of carbonyl (C=O) groups is 3. The maximum absolute atomic E-state index is 14.1. The summed E-state index contributed by atoms with van der Waals surface area (Å²) in [5.41, 5.74) is -0.428. The zero-order valence-corrected chi connectivity index (χ0v) is 26.4. The number of rotatable bonds is 9. The van der Waals surface area contributed by atoms with Crippen molar-refractivity contribution >= 4 is 38.5 Å². The normalized spacial score (nSPS) is 23.1. The predicted octanol–water partition coefficient (Wildman–Crippen LogP) is 3.84. The van der Waals surface area contributed by atoms with Crippen LogP contribution in [-0.2, 0) is 30.9 Å². The molecule has 2 fully saturated rings. The van der Waals surface area contributed by atoms with Crippen LogP contribution in [0.3, 0.4) is 0 Å². The molecule has 0 aliphatic carbocycles. The van der Waals surface area contributed by atoms with Gasteiger partial charge in [0.2, 0.25) is 0 Å². The van der Waals surface area contributed by atoms with Crippen molar-refractivity contribution in [3.63, 3.8) is 0 Å². The van der Waals surface area contributed by atoms with Gasteiger partial charge in [0.25, 0.3) is 11.8 Å². The SMILES string of the molecule is CC1(C)OB(c2ccc([C@]3(CN4Cc5ccc(F)cc5C4=O)NC(=O)N(COCC[Si](C)(C)C)C3=O)cc2)OC1(C)C. The molecular weight excluding hydrogens is 556 g/mol. The van der Waals surface area contributed by atoms with Crippen molar-refractivity contribution in [2.75, 3.05) is 19.9 Å². The molecule has 0 bridgehead atoms. The van der Waals surface area contributed by atoms with Gasteiger partial charge in [-0.05, 0) is 62.5 Å². The number of imide groups is 1. The highest BCUT2D eigenvalue weighted by molar-refractivity contribution is 6.76. The van der Waals surface area contributed by atoms with E-state index < -0.39 is 55.6 Å². The molecule has 0 unspecified atom stereocenters. The van der Waals surface area contributed by atoms with E-state index >= 15 is 0 Å². The Hall–Kier alpha value is -3.06. The molecule has 0 spiro atoms. The van der Waals surface area contributed by atoms with Gasteiger partial charge in [-0.2, -0.15) is 0 Å². The molecule has 9 nitrogen and oxygen atoms in total. The topological polar surface area (TPSA) is 97.4 Å². The summed E-state index contributed by atoms with van der Waals surface area (Å²) in [5.74, 6) is -1.42. The third-order valence-electron chi connectivity index (χ3n) is 8.70. The van der Waals surface area contributed by atoms with Crippen LogP contribution in [0.25, 0.3) is 0 Å². The lowest BCUT2D eigenvalue weighted by Gasteiger charge is -2.32. The summed E-state index contributed by atoms with van der Waals surface area (Å²) in [6.07, 6.45) is 0. The molecule has 2 aromatic carbocycles. The molecule has 224 valence electrons. The predicted molar refractivity (Wildman–Crippen MR) is 159 cm³/mol. The van der Waals surface area contributed by atoms with Crippen molar-refractivity contribution in [1.82, 2.24) is 15.1 Å². The van der Waals surface area contributed by atoms with Gasteiger partial charge in [-0.25, -0.2) is 14.1 Å². The van der Waals surface area contributed by atoms with E-state index in [0.29, 0.717) is 17.7 Å². The van der Waals surface area contributed by atoms with Crippen molar-refractivity contribution in [3.8, 4) is 0 Å². The summed E-state index contributed by atoms with van der Waals surface area (Å²) in [6.45, 7) is 14.9. The molecule has 12 heteroatoms. The van der Waals surface area contributed by atoms with Gasteiger partial charge in [-0.3, -0.25) is 9.59 Å². The first kappa shape index (κ1) is 30.4. The van der Waals surface area contributed by atoms with E-state index in [1.54, 1.807) is 18.2 Å². The molecule has 0 radical (unpaired) electrons. The maximum atomic E-state index is 14.1. The Morgan fingerprint density at radius 1 is 1.00 bits per heavy atom. The molecule has 1 atom stereocenters. The van der Waals surface area contributed by atoms with E-state index in [9.17, 15) is 18.8 Å². The molecule has 0 saturated carbocycles. The molecule has 0 aromatic heterocycles. The van der Waals surface area contributed by atoms with Crippen molar-refractivity contribution in [2.24, 2.45) is 0 Å². The molecule has 1 N–H and O–H groups in total. The Morgan fingerprint density at radius 3 is 2.26 bits per heavy atom. The lowest BCUT2D eigenvalue weighted by molar-refractivity contribution is -0.135. The number of hydrogen-bond acceptors (Lipinski definition) is 6. The van der Waals surface area contributed by atoms with Crippen LogP contribution in [0.5, 0.6) is 0 Å². The number of benzene rings is 2. The number of ether oxygens (including phenoxy) is 1. The number of carbonyl (C=O) groups excluding carboxylic acids is 3. The highest BCUT2D eigenvalue weighted by Crippen LogP contribution is 2.37. The minimum atomic E-state index is -1.57. The first-order chi connectivity index (χ1) is 19.5. The van der Waals surface area contributed by atoms with Crippen LogP contribution in [-0.4, -0.2) is 73.9 Å². The van der Waals surface area contributed by atoms with Crippen molar-refractivity contribution in [1.29, 1.82) is 0 Å². The Kier molecular flexibility index (Phi) is 7.66. The maximum Gasteiger partial charge on any atom is 0.494 e. The van der Waals surface area contributed by atoms with Gasteiger partial charge in [-0.15, -0.1) is 0 Å². The van der Waals surface area contributed by atoms with E-state index in [4.69, 9.17) is 14.0 Å². The third kappa shape index (κ3) is 5.52. The molecule has 3 heterocycles. The standard InChI is InChI=1S/C30H39BFN3O6Si/c1-28(2)29(3,4)41-31(40-28)22-11-9-21(10-12-22)30(18-34-17-20-8-13-23(32)16-24(20)25(34)36)26(37)35(27(38)33-30)19-39-14-15-42(5,6)7/h8-13,16H,14-15,17-19H2,1-7H3,(H,33,38)/t30-/m0/s1. The van der Waals surface area contributed by atoms with Crippen LogP contribution < -0.4 is 10.8 Å². The largest absolute Gasteiger partial charge is 0.494 e. The Balaban J connectivity index is 1.43. The van der Waals surface area contributed by atoms with E-state index in [1.165, 1.54) is 17.0 Å². The molecule has 42 heavy (non-hydrogen) atoms. The molecule has 4 amide bonds. The number of halogens is 1.